The molecule has 0 aromatic heterocycles. The first-order valence-electron chi connectivity index (χ1n) is 4.18. The molecule has 1 aliphatic heterocycles. The van der Waals surface area contributed by atoms with Crippen molar-refractivity contribution in [2.75, 3.05) is 19.6 Å². The van der Waals surface area contributed by atoms with Gasteiger partial charge < -0.3 is 5.32 Å². The summed E-state index contributed by atoms with van der Waals surface area (Å²) >= 11 is 0. The Labute approximate surface area is 72.2 Å². The van der Waals surface area contributed by atoms with Crippen molar-refractivity contribution in [1.29, 1.82) is 5.26 Å². The number of hydrogen-bond donors (Lipinski definition) is 1. The lowest BCUT2D eigenvalue weighted by molar-refractivity contribution is -0.124. The summed E-state index contributed by atoms with van der Waals surface area (Å²) in [5, 5.41) is 11.5. The third-order valence-electron chi connectivity index (χ3n) is 2.04. The van der Waals surface area contributed by atoms with Gasteiger partial charge in [0.05, 0.1) is 18.7 Å². The van der Waals surface area contributed by atoms with Crippen molar-refractivity contribution in [3.8, 4) is 6.07 Å². The van der Waals surface area contributed by atoms with Crippen LogP contribution in [0.15, 0.2) is 0 Å². The number of carbonyl (C=O) groups is 1. The second-order valence-corrected chi connectivity index (χ2v) is 2.87. The van der Waals surface area contributed by atoms with E-state index in [0.29, 0.717) is 13.1 Å². The first-order valence-corrected chi connectivity index (χ1v) is 4.18. The van der Waals surface area contributed by atoms with E-state index < -0.39 is 0 Å². The third kappa shape index (κ3) is 1.95. The van der Waals surface area contributed by atoms with Gasteiger partial charge in [0, 0.05) is 13.1 Å². The highest BCUT2D eigenvalue weighted by molar-refractivity contribution is 5.78. The maximum atomic E-state index is 10.9. The number of rotatable bonds is 2. The maximum absolute atomic E-state index is 10.9. The molecule has 4 heteroatoms. The SMILES string of the molecule is CCC(C#N)N1CCNC(=O)C1. The van der Waals surface area contributed by atoms with Crippen LogP contribution in [0.4, 0.5) is 0 Å². The Hall–Kier alpha value is -1.08. The largest absolute Gasteiger partial charge is 0.354 e. The number of nitriles is 1. The molecule has 1 aliphatic rings. The van der Waals surface area contributed by atoms with E-state index in [1.165, 1.54) is 0 Å². The van der Waals surface area contributed by atoms with Crippen LogP contribution in [-0.4, -0.2) is 36.5 Å². The zero-order valence-corrected chi connectivity index (χ0v) is 7.21. The van der Waals surface area contributed by atoms with Crippen LogP contribution < -0.4 is 5.32 Å². The Balaban J connectivity index is 2.50. The van der Waals surface area contributed by atoms with Gasteiger partial charge in [0.2, 0.25) is 5.91 Å². The molecule has 0 aromatic rings. The summed E-state index contributed by atoms with van der Waals surface area (Å²) in [5.74, 6) is 0.0231. The van der Waals surface area contributed by atoms with Gasteiger partial charge >= 0.3 is 0 Å². The fraction of sp³-hybridized carbons (Fsp3) is 0.750. The molecule has 0 aliphatic carbocycles. The molecule has 0 saturated carbocycles. The highest BCUT2D eigenvalue weighted by Gasteiger charge is 2.22. The minimum Gasteiger partial charge on any atom is -0.354 e. The molecule has 12 heavy (non-hydrogen) atoms. The topological polar surface area (TPSA) is 56.1 Å². The molecular formula is C8H13N3O. The molecule has 1 heterocycles. The van der Waals surface area contributed by atoms with Crippen molar-refractivity contribution < 1.29 is 4.79 Å². The van der Waals surface area contributed by atoms with Gasteiger partial charge in [0.25, 0.3) is 0 Å². The highest BCUT2D eigenvalue weighted by Crippen LogP contribution is 2.04. The first kappa shape index (κ1) is 9.01. The molecule has 0 bridgehead atoms. The van der Waals surface area contributed by atoms with E-state index in [2.05, 4.69) is 11.4 Å². The maximum Gasteiger partial charge on any atom is 0.234 e. The van der Waals surface area contributed by atoms with E-state index >= 15 is 0 Å². The van der Waals surface area contributed by atoms with Crippen LogP contribution in [0, 0.1) is 11.3 Å². The molecular weight excluding hydrogens is 154 g/mol. The van der Waals surface area contributed by atoms with Gasteiger partial charge in [0.1, 0.15) is 0 Å². The van der Waals surface area contributed by atoms with Crippen LogP contribution in [0.5, 0.6) is 0 Å². The summed E-state index contributed by atoms with van der Waals surface area (Å²) < 4.78 is 0. The fourth-order valence-corrected chi connectivity index (χ4v) is 1.36. The van der Waals surface area contributed by atoms with Gasteiger partial charge in [-0.25, -0.2) is 0 Å². The number of piperazine rings is 1. The Morgan fingerprint density at radius 1 is 1.83 bits per heavy atom. The normalized spacial score (nSPS) is 21.2. The molecule has 0 spiro atoms. The summed E-state index contributed by atoms with van der Waals surface area (Å²) in [6.07, 6.45) is 0.782. The number of nitrogens with zero attached hydrogens (tertiary/aromatic N) is 2. The van der Waals surface area contributed by atoms with E-state index in [-0.39, 0.29) is 11.9 Å². The van der Waals surface area contributed by atoms with E-state index in [9.17, 15) is 4.79 Å². The van der Waals surface area contributed by atoms with Gasteiger partial charge in [-0.3, -0.25) is 9.69 Å². The van der Waals surface area contributed by atoms with Crippen LogP contribution in [-0.2, 0) is 4.79 Å². The molecule has 1 fully saturated rings. The second-order valence-electron chi connectivity index (χ2n) is 2.87. The number of carbonyl (C=O) groups excluding carboxylic acids is 1. The average molecular weight is 167 g/mol. The number of amides is 1. The quantitative estimate of drug-likeness (QED) is 0.615. The van der Waals surface area contributed by atoms with Crippen molar-refractivity contribution >= 4 is 5.91 Å². The van der Waals surface area contributed by atoms with E-state index in [1.54, 1.807) is 0 Å². The van der Waals surface area contributed by atoms with Gasteiger partial charge in [-0.15, -0.1) is 0 Å². The molecule has 1 amide bonds. The van der Waals surface area contributed by atoms with E-state index in [1.807, 2.05) is 11.8 Å². The molecule has 4 nitrogen and oxygen atoms in total. The second kappa shape index (κ2) is 4.07. The monoisotopic (exact) mass is 167 g/mol. The minimum absolute atomic E-state index is 0.0231. The third-order valence-corrected chi connectivity index (χ3v) is 2.04. The minimum atomic E-state index is -0.101. The summed E-state index contributed by atoms with van der Waals surface area (Å²) in [6.45, 7) is 3.78. The molecule has 1 unspecified atom stereocenters. The zero-order chi connectivity index (χ0) is 8.97. The van der Waals surface area contributed by atoms with Crippen LogP contribution >= 0.6 is 0 Å². The van der Waals surface area contributed by atoms with Crippen LogP contribution in [0.25, 0.3) is 0 Å². The van der Waals surface area contributed by atoms with Crippen LogP contribution in [0.2, 0.25) is 0 Å². The predicted molar refractivity (Wildman–Crippen MR) is 44.3 cm³/mol. The first-order chi connectivity index (χ1) is 5.77. The van der Waals surface area contributed by atoms with E-state index in [4.69, 9.17) is 5.26 Å². The van der Waals surface area contributed by atoms with Crippen molar-refractivity contribution in [3.63, 3.8) is 0 Å². The van der Waals surface area contributed by atoms with Gasteiger partial charge in [0.15, 0.2) is 0 Å². The molecule has 66 valence electrons. The summed E-state index contributed by atoms with van der Waals surface area (Å²) in [6, 6.07) is 2.09. The van der Waals surface area contributed by atoms with Crippen molar-refractivity contribution in [2.45, 2.75) is 19.4 Å². The van der Waals surface area contributed by atoms with Crippen molar-refractivity contribution in [2.24, 2.45) is 0 Å². The molecule has 1 rings (SSSR count). The van der Waals surface area contributed by atoms with Crippen LogP contribution in [0.3, 0.4) is 0 Å². The Kier molecular flexibility index (Phi) is 3.06. The summed E-state index contributed by atoms with van der Waals surface area (Å²) in [7, 11) is 0. The van der Waals surface area contributed by atoms with E-state index in [0.717, 1.165) is 13.0 Å². The Morgan fingerprint density at radius 3 is 3.08 bits per heavy atom. The number of hydrogen-bond acceptors (Lipinski definition) is 3. The lowest BCUT2D eigenvalue weighted by Gasteiger charge is -2.29. The van der Waals surface area contributed by atoms with Crippen molar-refractivity contribution in [1.82, 2.24) is 10.2 Å². The Morgan fingerprint density at radius 2 is 2.58 bits per heavy atom. The van der Waals surface area contributed by atoms with Gasteiger partial charge in [-0.2, -0.15) is 5.26 Å². The molecule has 1 atom stereocenters. The highest BCUT2D eigenvalue weighted by atomic mass is 16.2. The zero-order valence-electron chi connectivity index (χ0n) is 7.21. The molecule has 0 aromatic carbocycles. The van der Waals surface area contributed by atoms with Crippen LogP contribution in [0.1, 0.15) is 13.3 Å². The fourth-order valence-electron chi connectivity index (χ4n) is 1.36. The van der Waals surface area contributed by atoms with Gasteiger partial charge in [-0.1, -0.05) is 6.92 Å². The summed E-state index contributed by atoms with van der Waals surface area (Å²) in [4.78, 5) is 12.9. The molecule has 0 radical (unpaired) electrons. The standard InChI is InChI=1S/C8H13N3O/c1-2-7(5-9)11-4-3-10-8(12)6-11/h7H,2-4,6H2,1H3,(H,10,12). The average Bonchev–Trinajstić information content (AvgIpc) is 2.07. The lowest BCUT2D eigenvalue weighted by Crippen LogP contribution is -2.51. The number of nitrogens with one attached hydrogen (secondary N) is 1. The molecule has 1 saturated heterocycles. The summed E-state index contributed by atoms with van der Waals surface area (Å²) in [5.41, 5.74) is 0. The smallest absolute Gasteiger partial charge is 0.234 e. The van der Waals surface area contributed by atoms with Gasteiger partial charge in [-0.05, 0) is 6.42 Å². The Bertz CT molecular complexity index is 209. The predicted octanol–water partition coefficient (Wildman–Crippen LogP) is -0.280. The molecule has 1 N–H and O–H groups in total. The van der Waals surface area contributed by atoms with Crippen molar-refractivity contribution in [3.05, 3.63) is 0 Å². The lowest BCUT2D eigenvalue weighted by atomic mass is 10.2.